The van der Waals surface area contributed by atoms with Crippen LogP contribution in [0.5, 0.6) is 5.75 Å². The quantitative estimate of drug-likeness (QED) is 0.449. The van der Waals surface area contributed by atoms with Crippen LogP contribution in [0.3, 0.4) is 0 Å². The van der Waals surface area contributed by atoms with Gasteiger partial charge < -0.3 is 9.26 Å². The Bertz CT molecular complexity index is 859. The Morgan fingerprint density at radius 2 is 1.81 bits per heavy atom. The molecule has 0 aliphatic heterocycles. The molecule has 0 aliphatic carbocycles. The van der Waals surface area contributed by atoms with Crippen molar-refractivity contribution in [1.82, 2.24) is 10.1 Å². The van der Waals surface area contributed by atoms with Gasteiger partial charge in [0.25, 0.3) is 5.89 Å². The SMILES string of the molecule is CCCCCc1ccc(-c2noc(-c3ccc(OCC[18F])c(C)c3)n2)cc1. The van der Waals surface area contributed by atoms with Gasteiger partial charge in [-0.2, -0.15) is 4.98 Å². The van der Waals surface area contributed by atoms with E-state index in [4.69, 9.17) is 9.26 Å². The van der Waals surface area contributed by atoms with Gasteiger partial charge in [0.2, 0.25) is 5.82 Å². The Hall–Kier alpha value is -2.69. The van der Waals surface area contributed by atoms with E-state index in [-0.39, 0.29) is 6.61 Å². The molecule has 27 heavy (non-hydrogen) atoms. The van der Waals surface area contributed by atoms with Crippen molar-refractivity contribution in [1.29, 1.82) is 0 Å². The molecule has 0 radical (unpaired) electrons. The molecule has 1 aromatic heterocycles. The first-order valence-electron chi connectivity index (χ1n) is 9.44. The molecule has 0 aliphatic rings. The van der Waals surface area contributed by atoms with Crippen LogP contribution in [0.25, 0.3) is 22.8 Å². The Balaban J connectivity index is 1.72. The fourth-order valence-corrected chi connectivity index (χ4v) is 2.95. The van der Waals surface area contributed by atoms with Crippen LogP contribution in [0.4, 0.5) is 4.39 Å². The second kappa shape index (κ2) is 9.31. The van der Waals surface area contributed by atoms with Crippen molar-refractivity contribution in [2.75, 3.05) is 13.3 Å². The lowest BCUT2D eigenvalue weighted by atomic mass is 10.1. The van der Waals surface area contributed by atoms with Crippen molar-refractivity contribution in [2.24, 2.45) is 0 Å². The van der Waals surface area contributed by atoms with Crippen molar-refractivity contribution in [3.8, 4) is 28.6 Å². The Labute approximate surface area is 159 Å². The lowest BCUT2D eigenvalue weighted by Gasteiger charge is -2.07. The molecule has 0 bridgehead atoms. The lowest BCUT2D eigenvalue weighted by molar-refractivity contribution is 0.272. The molecule has 3 rings (SSSR count). The Morgan fingerprint density at radius 1 is 1.04 bits per heavy atom. The minimum Gasteiger partial charge on any atom is -0.491 e. The minimum absolute atomic E-state index is 0.0549. The molecule has 0 N–H and O–H groups in total. The van der Waals surface area contributed by atoms with Gasteiger partial charge in [0.05, 0.1) is 0 Å². The summed E-state index contributed by atoms with van der Waals surface area (Å²) in [5.41, 5.74) is 3.98. The normalized spacial score (nSPS) is 10.9. The van der Waals surface area contributed by atoms with Gasteiger partial charge in [0.1, 0.15) is 19.0 Å². The number of hydrogen-bond acceptors (Lipinski definition) is 4. The maximum absolute atomic E-state index is 12.3. The number of unbranched alkanes of at least 4 members (excludes halogenated alkanes) is 2. The number of aromatic nitrogens is 2. The number of halogens is 1. The zero-order valence-corrected chi connectivity index (χ0v) is 15.9. The van der Waals surface area contributed by atoms with Gasteiger partial charge in [-0.25, -0.2) is 4.39 Å². The van der Waals surface area contributed by atoms with E-state index >= 15 is 0 Å². The van der Waals surface area contributed by atoms with Gasteiger partial charge in [-0.1, -0.05) is 49.2 Å². The van der Waals surface area contributed by atoms with Crippen LogP contribution in [0, 0.1) is 6.92 Å². The molecule has 2 aromatic carbocycles. The maximum atomic E-state index is 12.3. The number of ether oxygens (including phenoxy) is 1. The van der Waals surface area contributed by atoms with E-state index in [1.807, 2.05) is 31.2 Å². The van der Waals surface area contributed by atoms with E-state index in [1.54, 1.807) is 6.07 Å². The number of hydrogen-bond donors (Lipinski definition) is 0. The third-order valence-corrected chi connectivity index (χ3v) is 4.46. The van der Waals surface area contributed by atoms with E-state index in [2.05, 4.69) is 29.2 Å². The predicted molar refractivity (Wildman–Crippen MR) is 105 cm³/mol. The van der Waals surface area contributed by atoms with Crippen LogP contribution in [-0.4, -0.2) is 23.4 Å². The molecule has 0 saturated heterocycles. The third kappa shape index (κ3) is 4.94. The fraction of sp³-hybridized carbons (Fsp3) is 0.364. The summed E-state index contributed by atoms with van der Waals surface area (Å²) in [6, 6.07) is 13.9. The zero-order chi connectivity index (χ0) is 19.1. The summed E-state index contributed by atoms with van der Waals surface area (Å²) in [5, 5.41) is 4.10. The topological polar surface area (TPSA) is 48.2 Å². The van der Waals surface area contributed by atoms with Gasteiger partial charge in [0, 0.05) is 11.1 Å². The van der Waals surface area contributed by atoms with Crippen molar-refractivity contribution >= 4 is 0 Å². The van der Waals surface area contributed by atoms with Crippen molar-refractivity contribution in [2.45, 2.75) is 39.5 Å². The summed E-state index contributed by atoms with van der Waals surface area (Å²) in [5.74, 6) is 1.69. The smallest absolute Gasteiger partial charge is 0.258 e. The van der Waals surface area contributed by atoms with Gasteiger partial charge in [-0.05, 0) is 49.1 Å². The summed E-state index contributed by atoms with van der Waals surface area (Å²) in [4.78, 5) is 4.51. The first-order chi connectivity index (χ1) is 13.2. The summed E-state index contributed by atoms with van der Waals surface area (Å²) in [6.07, 6.45) is 4.80. The van der Waals surface area contributed by atoms with E-state index in [0.717, 1.165) is 23.1 Å². The first kappa shape index (κ1) is 19.1. The molecule has 0 atom stereocenters. The molecule has 3 aromatic rings. The summed E-state index contributed by atoms with van der Waals surface area (Å²) >= 11 is 0. The number of aryl methyl sites for hydroxylation is 2. The third-order valence-electron chi connectivity index (χ3n) is 4.46. The van der Waals surface area contributed by atoms with Crippen LogP contribution in [0.15, 0.2) is 47.0 Å². The molecular formula is C22H25FN2O2. The highest BCUT2D eigenvalue weighted by atomic mass is 18.2. The average molecular weight is 367 g/mol. The minimum atomic E-state index is -0.508. The molecule has 0 saturated carbocycles. The standard InChI is InChI=1S/C22H25FN2O2/c1-3-4-5-6-17-7-9-18(10-8-17)21-24-22(27-25-21)19-11-12-20(16(2)15-19)26-14-13-23/h7-12,15H,3-6,13-14H2,1-2H3/i23-1. The monoisotopic (exact) mass is 367 g/mol. The van der Waals surface area contributed by atoms with Crippen LogP contribution in [0.2, 0.25) is 0 Å². The molecule has 0 spiro atoms. The molecule has 0 unspecified atom stereocenters. The number of alkyl halides is 1. The first-order valence-corrected chi connectivity index (χ1v) is 9.44. The fourth-order valence-electron chi connectivity index (χ4n) is 2.95. The van der Waals surface area contributed by atoms with E-state index in [1.165, 1.54) is 24.8 Å². The van der Waals surface area contributed by atoms with E-state index in [0.29, 0.717) is 17.5 Å². The molecule has 1 heterocycles. The molecule has 142 valence electrons. The number of benzene rings is 2. The van der Waals surface area contributed by atoms with Gasteiger partial charge in [-0.15, -0.1) is 0 Å². The van der Waals surface area contributed by atoms with Crippen LogP contribution < -0.4 is 4.74 Å². The second-order valence-electron chi connectivity index (χ2n) is 6.59. The number of rotatable bonds is 9. The van der Waals surface area contributed by atoms with Crippen LogP contribution in [0.1, 0.15) is 37.3 Å². The second-order valence-corrected chi connectivity index (χ2v) is 6.59. The van der Waals surface area contributed by atoms with Crippen molar-refractivity contribution < 1.29 is 13.7 Å². The maximum Gasteiger partial charge on any atom is 0.258 e. The highest BCUT2D eigenvalue weighted by Crippen LogP contribution is 2.27. The molecule has 4 nitrogen and oxygen atoms in total. The van der Waals surface area contributed by atoms with Crippen LogP contribution in [-0.2, 0) is 6.42 Å². The van der Waals surface area contributed by atoms with Gasteiger partial charge >= 0.3 is 0 Å². The summed E-state index contributed by atoms with van der Waals surface area (Å²) in [7, 11) is 0. The Kier molecular flexibility index (Phi) is 6.58. The average Bonchev–Trinajstić information content (AvgIpc) is 3.18. The summed E-state index contributed by atoms with van der Waals surface area (Å²) < 4.78 is 23.0. The molecule has 5 heteroatoms. The molecular weight excluding hydrogens is 342 g/mol. The lowest BCUT2D eigenvalue weighted by Crippen LogP contribution is -2.00. The van der Waals surface area contributed by atoms with E-state index in [9.17, 15) is 4.39 Å². The van der Waals surface area contributed by atoms with Crippen LogP contribution >= 0.6 is 0 Å². The van der Waals surface area contributed by atoms with Crippen molar-refractivity contribution in [3.05, 3.63) is 53.6 Å². The van der Waals surface area contributed by atoms with Gasteiger partial charge in [-0.3, -0.25) is 0 Å². The van der Waals surface area contributed by atoms with Gasteiger partial charge in [0.15, 0.2) is 0 Å². The highest BCUT2D eigenvalue weighted by Gasteiger charge is 2.12. The zero-order valence-electron chi connectivity index (χ0n) is 15.9. The van der Waals surface area contributed by atoms with E-state index < -0.39 is 6.67 Å². The molecule has 0 fully saturated rings. The summed E-state index contributed by atoms with van der Waals surface area (Å²) in [6.45, 7) is 3.67. The predicted octanol–water partition coefficient (Wildman–Crippen LogP) is 5.79. The highest BCUT2D eigenvalue weighted by molar-refractivity contribution is 5.61. The molecule has 0 amide bonds. The van der Waals surface area contributed by atoms with Crippen molar-refractivity contribution in [3.63, 3.8) is 0 Å². The largest absolute Gasteiger partial charge is 0.491 e. The number of nitrogens with zero attached hydrogens (tertiary/aromatic N) is 2. The Morgan fingerprint density at radius 3 is 2.52 bits per heavy atom.